The average Bonchev–Trinajstić information content (AvgIpc) is 2.58. The van der Waals surface area contributed by atoms with Crippen LogP contribution in [-0.4, -0.2) is 0 Å². The Kier molecular flexibility index (Phi) is 4.62. The molecule has 0 bridgehead atoms. The van der Waals surface area contributed by atoms with Gasteiger partial charge in [-0.15, -0.1) is 22.9 Å². The molecule has 0 radical (unpaired) electrons. The smallest absolute Gasteiger partial charge is 0.0991 e. The molecule has 5 heteroatoms. The van der Waals surface area contributed by atoms with Crippen molar-refractivity contribution in [3.05, 3.63) is 55.2 Å². The lowest BCUT2D eigenvalue weighted by Crippen LogP contribution is -1.94. The molecule has 17 heavy (non-hydrogen) atoms. The molecule has 90 valence electrons. The van der Waals surface area contributed by atoms with E-state index in [9.17, 15) is 0 Å². The van der Waals surface area contributed by atoms with Crippen LogP contribution >= 0.6 is 57.7 Å². The van der Waals surface area contributed by atoms with Crippen molar-refractivity contribution >= 4 is 57.7 Å². The van der Waals surface area contributed by atoms with Gasteiger partial charge in [0, 0.05) is 10.6 Å². The van der Waals surface area contributed by atoms with Gasteiger partial charge in [0.25, 0.3) is 0 Å². The summed E-state index contributed by atoms with van der Waals surface area (Å²) in [5.74, 6) is 0. The first-order chi connectivity index (χ1) is 8.06. The van der Waals surface area contributed by atoms with Crippen molar-refractivity contribution in [2.75, 3.05) is 0 Å². The Hall–Kier alpha value is 0.0800. The molecule has 1 aromatic carbocycles. The van der Waals surface area contributed by atoms with Crippen LogP contribution in [0.15, 0.2) is 30.3 Å². The van der Waals surface area contributed by atoms with Gasteiger partial charge in [0.2, 0.25) is 0 Å². The Balaban J connectivity index is 2.16. The zero-order valence-corrected chi connectivity index (χ0v) is 12.4. The van der Waals surface area contributed by atoms with Gasteiger partial charge in [-0.05, 0) is 30.2 Å². The molecule has 0 nitrogen and oxygen atoms in total. The molecule has 1 heterocycles. The fourth-order valence-corrected chi connectivity index (χ4v) is 3.81. The van der Waals surface area contributed by atoms with Crippen molar-refractivity contribution in [3.8, 4) is 0 Å². The summed E-state index contributed by atoms with van der Waals surface area (Å²) in [7, 11) is 0. The number of thiophene rings is 1. The lowest BCUT2D eigenvalue weighted by atomic mass is 10.1. The molecule has 0 fully saturated rings. The van der Waals surface area contributed by atoms with Gasteiger partial charge in [0.15, 0.2) is 0 Å². The molecule has 0 aliphatic carbocycles. The Bertz CT molecular complexity index is 521. The zero-order chi connectivity index (χ0) is 12.4. The van der Waals surface area contributed by atoms with Crippen LogP contribution < -0.4 is 0 Å². The maximum atomic E-state index is 6.33. The quantitative estimate of drug-likeness (QED) is 0.587. The minimum absolute atomic E-state index is 0.190. The summed E-state index contributed by atoms with van der Waals surface area (Å²) >= 11 is 25.5. The van der Waals surface area contributed by atoms with E-state index in [0.717, 1.165) is 11.1 Å². The van der Waals surface area contributed by atoms with E-state index in [1.165, 1.54) is 11.3 Å². The summed E-state index contributed by atoms with van der Waals surface area (Å²) in [6.07, 6.45) is 0.675. The Morgan fingerprint density at radius 3 is 2.47 bits per heavy atom. The fraction of sp³-hybridized carbons (Fsp3) is 0.167. The molecule has 2 rings (SSSR count). The maximum Gasteiger partial charge on any atom is 0.0991 e. The fourth-order valence-electron chi connectivity index (χ4n) is 1.55. The van der Waals surface area contributed by atoms with Crippen molar-refractivity contribution in [2.45, 2.75) is 11.8 Å². The highest BCUT2D eigenvalue weighted by molar-refractivity contribution is 7.20. The minimum Gasteiger partial charge on any atom is -0.117 e. The number of benzene rings is 1. The molecule has 1 unspecified atom stereocenters. The van der Waals surface area contributed by atoms with Gasteiger partial charge in [0.05, 0.1) is 14.0 Å². The molecule has 2 aromatic rings. The molecule has 0 saturated heterocycles. The molecule has 0 amide bonds. The van der Waals surface area contributed by atoms with Crippen molar-refractivity contribution in [2.24, 2.45) is 0 Å². The number of hydrogen-bond donors (Lipinski definition) is 0. The molecular formula is C12H8Cl4S. The van der Waals surface area contributed by atoms with E-state index in [2.05, 4.69) is 0 Å². The van der Waals surface area contributed by atoms with E-state index in [0.29, 0.717) is 20.1 Å². The van der Waals surface area contributed by atoms with Gasteiger partial charge < -0.3 is 0 Å². The molecule has 0 N–H and O–H groups in total. The Morgan fingerprint density at radius 1 is 1.12 bits per heavy atom. The second-order valence-electron chi connectivity index (χ2n) is 3.58. The normalized spacial score (nSPS) is 12.7. The van der Waals surface area contributed by atoms with Crippen molar-refractivity contribution in [3.63, 3.8) is 0 Å². The number of rotatable bonds is 3. The molecular weight excluding hydrogens is 318 g/mol. The monoisotopic (exact) mass is 324 g/mol. The van der Waals surface area contributed by atoms with Gasteiger partial charge in [-0.1, -0.05) is 46.9 Å². The van der Waals surface area contributed by atoms with Gasteiger partial charge >= 0.3 is 0 Å². The second-order valence-corrected chi connectivity index (χ2v) is 6.83. The first-order valence-electron chi connectivity index (χ1n) is 4.89. The Morgan fingerprint density at radius 2 is 1.88 bits per heavy atom. The standard InChI is InChI=1S/C12H8Cl4S/c13-8-3-1-2-7(4-8)5-10(14)9-6-11(15)17-12(9)16/h1-4,6,10H,5H2. The van der Waals surface area contributed by atoms with Crippen molar-refractivity contribution in [1.29, 1.82) is 0 Å². The topological polar surface area (TPSA) is 0 Å². The van der Waals surface area contributed by atoms with E-state index in [-0.39, 0.29) is 5.38 Å². The van der Waals surface area contributed by atoms with Gasteiger partial charge in [-0.25, -0.2) is 0 Å². The number of alkyl halides is 1. The first-order valence-corrected chi connectivity index (χ1v) is 7.28. The van der Waals surface area contributed by atoms with Crippen LogP contribution in [0.1, 0.15) is 16.5 Å². The summed E-state index contributed by atoms with van der Waals surface area (Å²) in [4.78, 5) is 0. The van der Waals surface area contributed by atoms with Gasteiger partial charge in [0.1, 0.15) is 0 Å². The third-order valence-electron chi connectivity index (χ3n) is 2.32. The van der Waals surface area contributed by atoms with Gasteiger partial charge in [-0.2, -0.15) is 0 Å². The molecule has 1 atom stereocenters. The van der Waals surface area contributed by atoms with Crippen molar-refractivity contribution < 1.29 is 0 Å². The van der Waals surface area contributed by atoms with Crippen LogP contribution in [0, 0.1) is 0 Å². The average molecular weight is 326 g/mol. The molecule has 0 aliphatic heterocycles. The predicted octanol–water partition coefficient (Wildman–Crippen LogP) is 6.23. The highest BCUT2D eigenvalue weighted by Gasteiger charge is 2.15. The predicted molar refractivity (Wildman–Crippen MR) is 78.1 cm³/mol. The number of halogens is 4. The molecule has 0 saturated carbocycles. The van der Waals surface area contributed by atoms with E-state index >= 15 is 0 Å². The molecule has 0 spiro atoms. The highest BCUT2D eigenvalue weighted by atomic mass is 35.5. The van der Waals surface area contributed by atoms with Crippen LogP contribution in [0.4, 0.5) is 0 Å². The summed E-state index contributed by atoms with van der Waals surface area (Å²) < 4.78 is 1.30. The summed E-state index contributed by atoms with van der Waals surface area (Å²) in [6.45, 7) is 0. The SMILES string of the molecule is Clc1cccc(CC(Cl)c2cc(Cl)sc2Cl)c1. The lowest BCUT2D eigenvalue weighted by molar-refractivity contribution is 0.925. The largest absolute Gasteiger partial charge is 0.117 e. The zero-order valence-electron chi connectivity index (χ0n) is 8.59. The highest BCUT2D eigenvalue weighted by Crippen LogP contribution is 2.38. The Labute approximate surface area is 124 Å². The maximum absolute atomic E-state index is 6.33. The number of hydrogen-bond acceptors (Lipinski definition) is 1. The summed E-state index contributed by atoms with van der Waals surface area (Å²) in [5.41, 5.74) is 1.96. The molecule has 1 aromatic heterocycles. The minimum atomic E-state index is -0.190. The van der Waals surface area contributed by atoms with Crippen molar-refractivity contribution in [1.82, 2.24) is 0 Å². The van der Waals surface area contributed by atoms with Crippen LogP contribution in [0.5, 0.6) is 0 Å². The van der Waals surface area contributed by atoms with Crippen LogP contribution in [0.2, 0.25) is 13.7 Å². The van der Waals surface area contributed by atoms with Crippen LogP contribution in [0.3, 0.4) is 0 Å². The van der Waals surface area contributed by atoms with E-state index < -0.39 is 0 Å². The second kappa shape index (κ2) is 5.81. The third-order valence-corrected chi connectivity index (χ3v) is 4.47. The van der Waals surface area contributed by atoms with E-state index in [4.69, 9.17) is 46.4 Å². The lowest BCUT2D eigenvalue weighted by Gasteiger charge is -2.08. The third kappa shape index (κ3) is 3.52. The molecule has 0 aliphatic rings. The van der Waals surface area contributed by atoms with Gasteiger partial charge in [-0.3, -0.25) is 0 Å². The first kappa shape index (κ1) is 13.5. The summed E-state index contributed by atoms with van der Waals surface area (Å²) in [5, 5.41) is 0.519. The van der Waals surface area contributed by atoms with E-state index in [1.54, 1.807) is 0 Å². The van der Waals surface area contributed by atoms with Crippen LogP contribution in [0.25, 0.3) is 0 Å². The van der Waals surface area contributed by atoms with Crippen LogP contribution in [-0.2, 0) is 6.42 Å². The summed E-state index contributed by atoms with van der Waals surface area (Å²) in [6, 6.07) is 9.45. The van der Waals surface area contributed by atoms with E-state index in [1.807, 2.05) is 30.3 Å².